The number of hydrogen-bond donors (Lipinski definition) is 1. The Hall–Kier alpha value is -2.38. The molecule has 0 unspecified atom stereocenters. The van der Waals surface area contributed by atoms with Gasteiger partial charge >= 0.3 is 0 Å². The van der Waals surface area contributed by atoms with Gasteiger partial charge in [0.05, 0.1) is 5.69 Å². The average Bonchev–Trinajstić information content (AvgIpc) is 2.43. The molecule has 1 aromatic carbocycles. The van der Waals surface area contributed by atoms with E-state index in [0.717, 1.165) is 0 Å². The summed E-state index contributed by atoms with van der Waals surface area (Å²) in [5.74, 6) is -11.8. The summed E-state index contributed by atoms with van der Waals surface area (Å²) in [4.78, 5) is 3.76. The Labute approximate surface area is 109 Å². The van der Waals surface area contributed by atoms with Gasteiger partial charge in [0, 0.05) is 11.9 Å². The maximum absolute atomic E-state index is 13.3. The third-order valence-corrected chi connectivity index (χ3v) is 2.37. The van der Waals surface area contributed by atoms with Crippen molar-refractivity contribution in [3.63, 3.8) is 0 Å². The van der Waals surface area contributed by atoms with E-state index < -0.39 is 41.4 Å². The van der Waals surface area contributed by atoms with Crippen LogP contribution in [0.5, 0.6) is 5.75 Å². The second-order valence-corrected chi connectivity index (χ2v) is 3.77. The summed E-state index contributed by atoms with van der Waals surface area (Å²) in [5, 5.41) is 0. The highest BCUT2D eigenvalue weighted by molar-refractivity contribution is 5.37. The predicted octanol–water partition coefficient (Wildman–Crippen LogP) is 2.94. The first kappa shape index (κ1) is 14.0. The molecule has 106 valence electrons. The van der Waals surface area contributed by atoms with Crippen LogP contribution >= 0.6 is 0 Å². The molecule has 2 aromatic rings. The molecule has 0 saturated carbocycles. The molecule has 0 bridgehead atoms. The Morgan fingerprint density at radius 2 is 1.50 bits per heavy atom. The molecule has 0 atom stereocenters. The van der Waals surface area contributed by atoms with Gasteiger partial charge in [-0.3, -0.25) is 4.98 Å². The van der Waals surface area contributed by atoms with E-state index in [1.807, 2.05) is 0 Å². The van der Waals surface area contributed by atoms with E-state index in [-0.39, 0.29) is 5.69 Å². The summed E-state index contributed by atoms with van der Waals surface area (Å²) in [5.41, 5.74) is 5.93. The maximum atomic E-state index is 13.3. The highest BCUT2D eigenvalue weighted by Gasteiger charge is 2.27. The molecule has 2 rings (SSSR count). The number of rotatable bonds is 3. The maximum Gasteiger partial charge on any atom is 0.207 e. The molecule has 0 radical (unpaired) electrons. The molecule has 1 heterocycles. The minimum Gasteiger partial charge on any atom is -0.481 e. The molecule has 0 spiro atoms. The Bertz CT molecular complexity index is 634. The number of hydrogen-bond acceptors (Lipinski definition) is 3. The molecule has 0 fully saturated rings. The first-order valence-electron chi connectivity index (χ1n) is 5.26. The van der Waals surface area contributed by atoms with Crippen LogP contribution < -0.4 is 10.5 Å². The standard InChI is InChI=1S/C12H7F5N2O/c13-7-8(14)10(16)12(11(17)9(7)15)20-4-6-3-5(18)1-2-19-6/h1-3H,4H2,(H2,18,19). The van der Waals surface area contributed by atoms with Crippen LogP contribution in [0.15, 0.2) is 18.3 Å². The van der Waals surface area contributed by atoms with E-state index in [1.54, 1.807) is 0 Å². The summed E-state index contributed by atoms with van der Waals surface area (Å²) < 4.78 is 69.8. The first-order valence-corrected chi connectivity index (χ1v) is 5.26. The lowest BCUT2D eigenvalue weighted by atomic mass is 10.2. The van der Waals surface area contributed by atoms with Crippen LogP contribution in [0, 0.1) is 29.1 Å². The minimum absolute atomic E-state index is 0.175. The smallest absolute Gasteiger partial charge is 0.207 e. The lowest BCUT2D eigenvalue weighted by molar-refractivity contribution is 0.250. The number of pyridine rings is 1. The van der Waals surface area contributed by atoms with Crippen LogP contribution in [0.1, 0.15) is 5.69 Å². The van der Waals surface area contributed by atoms with Crippen LogP contribution in [-0.2, 0) is 6.61 Å². The zero-order chi connectivity index (χ0) is 14.9. The van der Waals surface area contributed by atoms with Gasteiger partial charge in [0.1, 0.15) is 6.61 Å². The number of aromatic nitrogens is 1. The molecule has 0 aliphatic carbocycles. The fourth-order valence-electron chi connectivity index (χ4n) is 1.43. The molecule has 0 amide bonds. The van der Waals surface area contributed by atoms with Crippen molar-refractivity contribution in [3.8, 4) is 5.75 Å². The summed E-state index contributed by atoms with van der Waals surface area (Å²) >= 11 is 0. The summed E-state index contributed by atoms with van der Waals surface area (Å²) in [7, 11) is 0. The Balaban J connectivity index is 2.30. The molecule has 3 nitrogen and oxygen atoms in total. The van der Waals surface area contributed by atoms with Crippen molar-refractivity contribution in [3.05, 3.63) is 53.1 Å². The van der Waals surface area contributed by atoms with Gasteiger partial charge in [0.25, 0.3) is 0 Å². The van der Waals surface area contributed by atoms with Crippen molar-refractivity contribution in [2.75, 3.05) is 5.73 Å². The largest absolute Gasteiger partial charge is 0.481 e. The van der Waals surface area contributed by atoms with Crippen molar-refractivity contribution in [2.24, 2.45) is 0 Å². The van der Waals surface area contributed by atoms with E-state index >= 15 is 0 Å². The van der Waals surface area contributed by atoms with Crippen molar-refractivity contribution in [1.29, 1.82) is 0 Å². The normalized spacial score (nSPS) is 10.7. The van der Waals surface area contributed by atoms with Gasteiger partial charge in [0.2, 0.25) is 29.1 Å². The molecule has 0 aliphatic heterocycles. The highest BCUT2D eigenvalue weighted by atomic mass is 19.2. The Morgan fingerprint density at radius 1 is 0.950 bits per heavy atom. The number of nitrogens with two attached hydrogens (primary N) is 1. The topological polar surface area (TPSA) is 48.1 Å². The van der Waals surface area contributed by atoms with Crippen molar-refractivity contribution < 1.29 is 26.7 Å². The number of benzene rings is 1. The van der Waals surface area contributed by atoms with Gasteiger partial charge < -0.3 is 10.5 Å². The lowest BCUT2D eigenvalue weighted by Crippen LogP contribution is -2.07. The fraction of sp³-hybridized carbons (Fsp3) is 0.0833. The first-order chi connectivity index (χ1) is 9.41. The average molecular weight is 290 g/mol. The Morgan fingerprint density at radius 3 is 2.05 bits per heavy atom. The zero-order valence-electron chi connectivity index (χ0n) is 9.76. The van der Waals surface area contributed by atoms with Crippen LogP contribution in [0.3, 0.4) is 0 Å². The Kier molecular flexibility index (Phi) is 3.73. The fourth-order valence-corrected chi connectivity index (χ4v) is 1.43. The van der Waals surface area contributed by atoms with Gasteiger partial charge in [-0.25, -0.2) is 13.2 Å². The summed E-state index contributed by atoms with van der Waals surface area (Å²) in [6.07, 6.45) is 1.31. The second kappa shape index (κ2) is 5.32. The third-order valence-electron chi connectivity index (χ3n) is 2.37. The monoisotopic (exact) mass is 290 g/mol. The number of nitrogen functional groups attached to an aromatic ring is 1. The molecular formula is C12H7F5N2O. The number of nitrogens with zero attached hydrogens (tertiary/aromatic N) is 1. The van der Waals surface area contributed by atoms with E-state index in [2.05, 4.69) is 9.72 Å². The van der Waals surface area contributed by atoms with Crippen LogP contribution in [0.2, 0.25) is 0 Å². The number of anilines is 1. The van der Waals surface area contributed by atoms with E-state index in [9.17, 15) is 22.0 Å². The van der Waals surface area contributed by atoms with Gasteiger partial charge in [-0.15, -0.1) is 0 Å². The number of halogens is 5. The zero-order valence-corrected chi connectivity index (χ0v) is 9.76. The van der Waals surface area contributed by atoms with Crippen molar-refractivity contribution in [2.45, 2.75) is 6.61 Å². The summed E-state index contributed by atoms with van der Waals surface area (Å²) in [6, 6.07) is 2.80. The van der Waals surface area contributed by atoms with E-state index in [4.69, 9.17) is 5.73 Å². The molecule has 8 heteroatoms. The molecule has 0 aliphatic rings. The van der Waals surface area contributed by atoms with Gasteiger partial charge in [-0.05, 0) is 12.1 Å². The molecule has 1 aromatic heterocycles. The van der Waals surface area contributed by atoms with Crippen molar-refractivity contribution >= 4 is 5.69 Å². The van der Waals surface area contributed by atoms with Crippen molar-refractivity contribution in [1.82, 2.24) is 4.98 Å². The van der Waals surface area contributed by atoms with Crippen LogP contribution in [0.4, 0.5) is 27.6 Å². The van der Waals surface area contributed by atoms with Crippen LogP contribution in [0.25, 0.3) is 0 Å². The third kappa shape index (κ3) is 2.49. The van der Waals surface area contributed by atoms with E-state index in [0.29, 0.717) is 5.69 Å². The highest BCUT2D eigenvalue weighted by Crippen LogP contribution is 2.29. The lowest BCUT2D eigenvalue weighted by Gasteiger charge is -2.10. The van der Waals surface area contributed by atoms with E-state index in [1.165, 1.54) is 18.3 Å². The van der Waals surface area contributed by atoms with Gasteiger partial charge in [-0.2, -0.15) is 8.78 Å². The molecule has 2 N–H and O–H groups in total. The minimum atomic E-state index is -2.24. The number of ether oxygens (including phenoxy) is 1. The van der Waals surface area contributed by atoms with Crippen LogP contribution in [-0.4, -0.2) is 4.98 Å². The SMILES string of the molecule is Nc1ccnc(COc2c(F)c(F)c(F)c(F)c2F)c1. The van der Waals surface area contributed by atoms with Gasteiger partial charge in [0.15, 0.2) is 5.75 Å². The molecule has 0 saturated heterocycles. The van der Waals surface area contributed by atoms with Gasteiger partial charge in [-0.1, -0.05) is 0 Å². The molecule has 20 heavy (non-hydrogen) atoms. The summed E-state index contributed by atoms with van der Waals surface area (Å²) in [6.45, 7) is -0.497. The quantitative estimate of drug-likeness (QED) is 0.537. The molecular weight excluding hydrogens is 283 g/mol. The second-order valence-electron chi connectivity index (χ2n) is 3.77. The predicted molar refractivity (Wildman–Crippen MR) is 59.2 cm³/mol.